The van der Waals surface area contributed by atoms with Crippen LogP contribution in [-0.2, 0) is 9.59 Å². The van der Waals surface area contributed by atoms with Gasteiger partial charge in [-0.1, -0.05) is 0 Å². The van der Waals surface area contributed by atoms with Crippen molar-refractivity contribution in [1.82, 2.24) is 16.1 Å². The van der Waals surface area contributed by atoms with Crippen molar-refractivity contribution in [2.75, 3.05) is 0 Å². The third-order valence-corrected chi connectivity index (χ3v) is 2.06. The van der Waals surface area contributed by atoms with Crippen LogP contribution in [0.25, 0.3) is 0 Å². The Kier molecular flexibility index (Phi) is 4.24. The zero-order valence-corrected chi connectivity index (χ0v) is 9.41. The molecule has 0 bridgehead atoms. The minimum absolute atomic E-state index is 0.156. The molecule has 1 rings (SSSR count). The van der Waals surface area contributed by atoms with Crippen LogP contribution in [0.2, 0.25) is 0 Å². The molecule has 7 heteroatoms. The van der Waals surface area contributed by atoms with E-state index in [-0.39, 0.29) is 17.9 Å². The van der Waals surface area contributed by atoms with Gasteiger partial charge in [-0.05, 0) is 20.3 Å². The van der Waals surface area contributed by atoms with Crippen LogP contribution >= 0.6 is 0 Å². The predicted molar refractivity (Wildman–Crippen MR) is 59.2 cm³/mol. The Morgan fingerprint density at radius 3 is 2.75 bits per heavy atom. The molecule has 0 spiro atoms. The maximum Gasteiger partial charge on any atom is 0.251 e. The molecular weight excluding hydrogens is 210 g/mol. The Hall–Kier alpha value is -1.63. The summed E-state index contributed by atoms with van der Waals surface area (Å²) in [7, 11) is 0. The summed E-state index contributed by atoms with van der Waals surface area (Å²) < 4.78 is 0. The van der Waals surface area contributed by atoms with E-state index in [2.05, 4.69) is 21.1 Å². The number of nitrogens with two attached hydrogens (primary N) is 1. The van der Waals surface area contributed by atoms with Gasteiger partial charge in [0.25, 0.3) is 5.91 Å². The van der Waals surface area contributed by atoms with Crippen LogP contribution in [0.4, 0.5) is 0 Å². The number of hydrogen-bond donors (Lipinski definition) is 4. The number of rotatable bonds is 2. The second kappa shape index (κ2) is 5.45. The second-order valence-corrected chi connectivity index (χ2v) is 3.89. The van der Waals surface area contributed by atoms with Crippen LogP contribution in [0.5, 0.6) is 0 Å². The first-order valence-corrected chi connectivity index (χ1v) is 5.17. The number of aliphatic imine (C=N–C) groups is 1. The third-order valence-electron chi connectivity index (χ3n) is 2.06. The van der Waals surface area contributed by atoms with Gasteiger partial charge in [0, 0.05) is 12.5 Å². The molecule has 0 aromatic rings. The van der Waals surface area contributed by atoms with Gasteiger partial charge in [-0.2, -0.15) is 0 Å². The molecule has 16 heavy (non-hydrogen) atoms. The number of carbonyl (C=O) groups is 2. The zero-order valence-electron chi connectivity index (χ0n) is 9.41. The Morgan fingerprint density at radius 2 is 2.25 bits per heavy atom. The Bertz CT molecular complexity index is 313. The van der Waals surface area contributed by atoms with Gasteiger partial charge in [0.2, 0.25) is 11.9 Å². The Labute approximate surface area is 93.8 Å². The molecule has 0 saturated carbocycles. The molecule has 1 aliphatic heterocycles. The van der Waals surface area contributed by atoms with Crippen LogP contribution in [-0.4, -0.2) is 29.9 Å². The van der Waals surface area contributed by atoms with Crippen molar-refractivity contribution < 1.29 is 9.59 Å². The lowest BCUT2D eigenvalue weighted by molar-refractivity contribution is -0.133. The van der Waals surface area contributed by atoms with E-state index >= 15 is 0 Å². The first kappa shape index (κ1) is 12.4. The molecule has 0 aliphatic carbocycles. The number of nitrogens with zero attached hydrogens (tertiary/aromatic N) is 1. The van der Waals surface area contributed by atoms with Crippen molar-refractivity contribution in [1.29, 1.82) is 0 Å². The van der Waals surface area contributed by atoms with E-state index < -0.39 is 6.04 Å². The Balaban J connectivity index is 2.65. The number of guanidine groups is 1. The van der Waals surface area contributed by atoms with Crippen molar-refractivity contribution in [2.45, 2.75) is 38.8 Å². The molecule has 2 amide bonds. The van der Waals surface area contributed by atoms with Gasteiger partial charge < -0.3 is 5.32 Å². The molecule has 90 valence electrons. The van der Waals surface area contributed by atoms with Gasteiger partial charge >= 0.3 is 0 Å². The molecule has 1 unspecified atom stereocenters. The first-order chi connectivity index (χ1) is 7.52. The van der Waals surface area contributed by atoms with E-state index in [0.29, 0.717) is 18.8 Å². The third kappa shape index (κ3) is 3.50. The van der Waals surface area contributed by atoms with Crippen molar-refractivity contribution in [3.05, 3.63) is 0 Å². The minimum Gasteiger partial charge on any atom is -0.353 e. The summed E-state index contributed by atoms with van der Waals surface area (Å²) in [5.41, 5.74) is 2.39. The van der Waals surface area contributed by atoms with Crippen molar-refractivity contribution in [3.8, 4) is 0 Å². The standard InChI is InChI=1S/C9H17N5O2/c1-5(2)11-9(14-10)12-6-3-4-7(15)13-8(6)16/h5-6H,3-4,10H2,1-2H3,(H2,11,12,14)(H,13,15,16). The molecule has 1 heterocycles. The fourth-order valence-electron chi connectivity index (χ4n) is 1.35. The van der Waals surface area contributed by atoms with Gasteiger partial charge in [0.05, 0.1) is 0 Å². The van der Waals surface area contributed by atoms with Crippen molar-refractivity contribution >= 4 is 17.8 Å². The predicted octanol–water partition coefficient (Wildman–Crippen LogP) is -1.39. The van der Waals surface area contributed by atoms with Crippen LogP contribution < -0.4 is 21.9 Å². The van der Waals surface area contributed by atoms with E-state index in [0.717, 1.165) is 0 Å². The molecule has 5 N–H and O–H groups in total. The second-order valence-electron chi connectivity index (χ2n) is 3.89. The molecule has 7 nitrogen and oxygen atoms in total. The molecule has 1 aliphatic rings. The number of carbonyl (C=O) groups excluding carboxylic acids is 2. The summed E-state index contributed by atoms with van der Waals surface area (Å²) >= 11 is 0. The highest BCUT2D eigenvalue weighted by Crippen LogP contribution is 2.07. The Morgan fingerprint density at radius 1 is 1.56 bits per heavy atom. The molecule has 0 aromatic heterocycles. The van der Waals surface area contributed by atoms with E-state index in [1.165, 1.54) is 0 Å². The largest absolute Gasteiger partial charge is 0.353 e. The normalized spacial score (nSPS) is 22.0. The molecule has 0 radical (unpaired) electrons. The lowest BCUT2D eigenvalue weighted by Crippen LogP contribution is -2.48. The molecule has 1 atom stereocenters. The lowest BCUT2D eigenvalue weighted by atomic mass is 10.1. The number of nitrogens with one attached hydrogen (secondary N) is 3. The maximum atomic E-state index is 11.4. The smallest absolute Gasteiger partial charge is 0.251 e. The highest BCUT2D eigenvalue weighted by molar-refractivity contribution is 6.01. The van der Waals surface area contributed by atoms with Gasteiger partial charge in [-0.15, -0.1) is 0 Å². The summed E-state index contributed by atoms with van der Waals surface area (Å²) in [5.74, 6) is 4.99. The quantitative estimate of drug-likeness (QED) is 0.153. The summed E-state index contributed by atoms with van der Waals surface area (Å²) in [6.07, 6.45) is 0.717. The summed E-state index contributed by atoms with van der Waals surface area (Å²) in [6.45, 7) is 3.86. The van der Waals surface area contributed by atoms with Gasteiger partial charge in [0.15, 0.2) is 0 Å². The van der Waals surface area contributed by atoms with Crippen LogP contribution in [0, 0.1) is 0 Å². The highest BCUT2D eigenvalue weighted by atomic mass is 16.2. The number of imide groups is 1. The van der Waals surface area contributed by atoms with Gasteiger partial charge in [-0.3, -0.25) is 20.3 Å². The maximum absolute atomic E-state index is 11.4. The van der Waals surface area contributed by atoms with Crippen molar-refractivity contribution in [3.63, 3.8) is 0 Å². The summed E-state index contributed by atoms with van der Waals surface area (Å²) in [6, 6.07) is -0.405. The molecule has 1 fully saturated rings. The topological polar surface area (TPSA) is 109 Å². The lowest BCUT2D eigenvalue weighted by Gasteiger charge is -2.19. The molecular formula is C9H17N5O2. The first-order valence-electron chi connectivity index (χ1n) is 5.17. The van der Waals surface area contributed by atoms with E-state index in [4.69, 9.17) is 5.84 Å². The van der Waals surface area contributed by atoms with E-state index in [1.807, 2.05) is 13.8 Å². The number of amides is 2. The average Bonchev–Trinajstić information content (AvgIpc) is 2.20. The highest BCUT2D eigenvalue weighted by Gasteiger charge is 2.26. The monoisotopic (exact) mass is 227 g/mol. The summed E-state index contributed by atoms with van der Waals surface area (Å²) in [4.78, 5) is 26.4. The molecule has 0 aromatic carbocycles. The van der Waals surface area contributed by atoms with Gasteiger partial charge in [0.1, 0.15) is 6.04 Å². The SMILES string of the molecule is CC(C)NC(=NC1CCC(=O)NC1=O)NN. The minimum atomic E-state index is -0.560. The number of hydrazine groups is 1. The number of hydrogen-bond acceptors (Lipinski definition) is 4. The number of piperidine rings is 1. The van der Waals surface area contributed by atoms with E-state index in [9.17, 15) is 9.59 Å². The van der Waals surface area contributed by atoms with Gasteiger partial charge in [-0.25, -0.2) is 10.8 Å². The zero-order chi connectivity index (χ0) is 12.1. The van der Waals surface area contributed by atoms with Crippen molar-refractivity contribution in [2.24, 2.45) is 10.8 Å². The van der Waals surface area contributed by atoms with E-state index in [1.54, 1.807) is 0 Å². The van der Waals surface area contributed by atoms with Crippen LogP contribution in [0.3, 0.4) is 0 Å². The fraction of sp³-hybridized carbons (Fsp3) is 0.667. The summed E-state index contributed by atoms with van der Waals surface area (Å²) in [5, 5.41) is 5.19. The van der Waals surface area contributed by atoms with Crippen LogP contribution in [0.1, 0.15) is 26.7 Å². The van der Waals surface area contributed by atoms with Crippen LogP contribution in [0.15, 0.2) is 4.99 Å². The fourth-order valence-corrected chi connectivity index (χ4v) is 1.35. The molecule has 1 saturated heterocycles. The average molecular weight is 227 g/mol.